The van der Waals surface area contributed by atoms with Crippen LogP contribution in [0.1, 0.15) is 11.1 Å². The number of para-hydroxylation sites is 2. The Labute approximate surface area is 146 Å². The number of nitrogen functional groups attached to an aromatic ring is 1. The Kier molecular flexibility index (Phi) is 3.94. The van der Waals surface area contributed by atoms with E-state index in [1.807, 2.05) is 42.6 Å². The van der Waals surface area contributed by atoms with Gasteiger partial charge < -0.3 is 10.5 Å². The number of nitrogens with zero attached hydrogens (tertiary/aromatic N) is 2. The van der Waals surface area contributed by atoms with Gasteiger partial charge in [-0.2, -0.15) is 0 Å². The van der Waals surface area contributed by atoms with Gasteiger partial charge in [0, 0.05) is 17.0 Å². The van der Waals surface area contributed by atoms with Gasteiger partial charge in [-0.1, -0.05) is 36.4 Å². The van der Waals surface area contributed by atoms with Crippen molar-refractivity contribution in [3.05, 3.63) is 71.9 Å². The molecule has 0 atom stereocenters. The fourth-order valence-corrected chi connectivity index (χ4v) is 3.22. The molecule has 2 N–H and O–H groups in total. The quantitative estimate of drug-likeness (QED) is 0.571. The number of methoxy groups -OCH3 is 1. The molecular weight excluding hydrogens is 310 g/mol. The van der Waals surface area contributed by atoms with Gasteiger partial charge in [0.05, 0.1) is 12.6 Å². The monoisotopic (exact) mass is 329 g/mol. The van der Waals surface area contributed by atoms with Gasteiger partial charge in [0.2, 0.25) is 0 Å². The Morgan fingerprint density at radius 3 is 2.64 bits per heavy atom. The summed E-state index contributed by atoms with van der Waals surface area (Å²) in [5.74, 6) is 1.40. The largest absolute Gasteiger partial charge is 0.496 e. The third-order valence-electron chi connectivity index (χ3n) is 4.50. The fraction of sp³-hybridized carbons (Fsp3) is 0.143. The minimum atomic E-state index is 0.477. The molecule has 0 aliphatic rings. The Balaban J connectivity index is 1.72. The predicted octanol–water partition coefficient (Wildman–Crippen LogP) is 4.16. The van der Waals surface area contributed by atoms with Gasteiger partial charge in [0.25, 0.3) is 0 Å². The molecule has 0 amide bonds. The zero-order valence-corrected chi connectivity index (χ0v) is 14.1. The van der Waals surface area contributed by atoms with E-state index >= 15 is 0 Å². The van der Waals surface area contributed by atoms with E-state index in [4.69, 9.17) is 10.5 Å². The molecule has 0 saturated heterocycles. The van der Waals surface area contributed by atoms with Crippen LogP contribution in [-0.2, 0) is 12.8 Å². The summed E-state index contributed by atoms with van der Waals surface area (Å²) in [6, 6.07) is 18.3. The Morgan fingerprint density at radius 2 is 1.76 bits per heavy atom. The Hall–Kier alpha value is -3.14. The van der Waals surface area contributed by atoms with E-state index in [1.165, 1.54) is 11.1 Å². The van der Waals surface area contributed by atoms with E-state index in [-0.39, 0.29) is 0 Å². The number of hydrogen-bond donors (Lipinski definition) is 1. The molecule has 0 radical (unpaired) electrons. The number of hydrogen-bond acceptors (Lipinski definition) is 4. The van der Waals surface area contributed by atoms with Gasteiger partial charge >= 0.3 is 0 Å². The second-order valence-corrected chi connectivity index (χ2v) is 6.07. The van der Waals surface area contributed by atoms with Crippen molar-refractivity contribution < 1.29 is 4.74 Å². The van der Waals surface area contributed by atoms with E-state index in [0.29, 0.717) is 5.82 Å². The van der Waals surface area contributed by atoms with Gasteiger partial charge in [-0.05, 0) is 42.2 Å². The van der Waals surface area contributed by atoms with Crippen LogP contribution in [0.4, 0.5) is 5.82 Å². The van der Waals surface area contributed by atoms with Crippen molar-refractivity contribution in [1.29, 1.82) is 0 Å². The van der Waals surface area contributed by atoms with Crippen molar-refractivity contribution in [3.8, 4) is 5.75 Å². The highest BCUT2D eigenvalue weighted by atomic mass is 16.5. The van der Waals surface area contributed by atoms with Gasteiger partial charge in [-0.15, -0.1) is 0 Å². The van der Waals surface area contributed by atoms with E-state index in [2.05, 4.69) is 28.2 Å². The molecule has 124 valence electrons. The number of aryl methyl sites for hydroxylation is 2. The van der Waals surface area contributed by atoms with Crippen LogP contribution in [0, 0.1) is 0 Å². The maximum atomic E-state index is 6.09. The number of fused-ring (bicyclic) bond motifs is 3. The number of pyridine rings is 2. The van der Waals surface area contributed by atoms with Crippen molar-refractivity contribution in [2.45, 2.75) is 12.8 Å². The average molecular weight is 329 g/mol. The lowest BCUT2D eigenvalue weighted by molar-refractivity contribution is 0.409. The van der Waals surface area contributed by atoms with Crippen LogP contribution in [0.25, 0.3) is 21.8 Å². The minimum absolute atomic E-state index is 0.477. The summed E-state index contributed by atoms with van der Waals surface area (Å²) in [5.41, 5.74) is 10.1. The number of aromatic nitrogens is 2. The van der Waals surface area contributed by atoms with E-state index in [1.54, 1.807) is 7.11 Å². The van der Waals surface area contributed by atoms with E-state index < -0.39 is 0 Å². The summed E-state index contributed by atoms with van der Waals surface area (Å²) in [6.45, 7) is 0. The first-order chi connectivity index (χ1) is 12.3. The normalized spacial score (nSPS) is 11.1. The van der Waals surface area contributed by atoms with Crippen LogP contribution in [0.3, 0.4) is 0 Å². The van der Waals surface area contributed by atoms with Crippen molar-refractivity contribution in [3.63, 3.8) is 0 Å². The summed E-state index contributed by atoms with van der Waals surface area (Å²) in [4.78, 5) is 9.02. The topological polar surface area (TPSA) is 61.0 Å². The molecule has 0 fully saturated rings. The second-order valence-electron chi connectivity index (χ2n) is 6.07. The molecule has 2 aromatic heterocycles. The molecule has 4 nitrogen and oxygen atoms in total. The molecule has 0 aliphatic carbocycles. The first-order valence-electron chi connectivity index (χ1n) is 8.31. The van der Waals surface area contributed by atoms with E-state index in [0.717, 1.165) is 40.4 Å². The predicted molar refractivity (Wildman–Crippen MR) is 102 cm³/mol. The third-order valence-corrected chi connectivity index (χ3v) is 4.50. The standard InChI is InChI=1S/C21H19N3O/c1-25-19-9-5-2-6-15(19)11-10-14-12-17-16-7-3-4-8-18(16)24-21(22)20(17)23-13-14/h2-9,12-13H,10-11H2,1H3,(H2,22,24). The van der Waals surface area contributed by atoms with Gasteiger partial charge in [-0.3, -0.25) is 4.98 Å². The molecule has 4 aromatic rings. The molecular formula is C21H19N3O. The Bertz CT molecular complexity index is 1060. The number of nitrogens with two attached hydrogens (primary N) is 1. The highest BCUT2D eigenvalue weighted by Gasteiger charge is 2.09. The lowest BCUT2D eigenvalue weighted by atomic mass is 10.0. The van der Waals surface area contributed by atoms with Crippen LogP contribution in [0.15, 0.2) is 60.8 Å². The molecule has 0 spiro atoms. The zero-order valence-electron chi connectivity index (χ0n) is 14.1. The molecule has 2 heterocycles. The fourth-order valence-electron chi connectivity index (χ4n) is 3.22. The van der Waals surface area contributed by atoms with Crippen molar-refractivity contribution >= 4 is 27.6 Å². The smallest absolute Gasteiger partial charge is 0.150 e. The first kappa shape index (κ1) is 15.4. The molecule has 2 aromatic carbocycles. The molecule has 4 heteroatoms. The summed E-state index contributed by atoms with van der Waals surface area (Å²) >= 11 is 0. The van der Waals surface area contributed by atoms with Crippen molar-refractivity contribution in [2.75, 3.05) is 12.8 Å². The van der Waals surface area contributed by atoms with Crippen molar-refractivity contribution in [1.82, 2.24) is 9.97 Å². The number of ether oxygens (including phenoxy) is 1. The SMILES string of the molecule is COc1ccccc1CCc1cnc2c(N)nc3ccccc3c2c1. The summed E-state index contributed by atoms with van der Waals surface area (Å²) in [6.07, 6.45) is 3.68. The summed E-state index contributed by atoms with van der Waals surface area (Å²) in [5, 5.41) is 2.14. The highest BCUT2D eigenvalue weighted by Crippen LogP contribution is 2.27. The second kappa shape index (κ2) is 6.40. The summed E-state index contributed by atoms with van der Waals surface area (Å²) < 4.78 is 5.44. The van der Waals surface area contributed by atoms with Crippen LogP contribution in [-0.4, -0.2) is 17.1 Å². The van der Waals surface area contributed by atoms with Crippen LogP contribution < -0.4 is 10.5 Å². The van der Waals surface area contributed by atoms with Gasteiger partial charge in [-0.25, -0.2) is 4.98 Å². The molecule has 25 heavy (non-hydrogen) atoms. The molecule has 0 aliphatic heterocycles. The maximum absolute atomic E-state index is 6.09. The first-order valence-corrected chi connectivity index (χ1v) is 8.31. The molecule has 0 bridgehead atoms. The number of rotatable bonds is 4. The minimum Gasteiger partial charge on any atom is -0.496 e. The van der Waals surface area contributed by atoms with Crippen LogP contribution in [0.2, 0.25) is 0 Å². The van der Waals surface area contributed by atoms with Crippen LogP contribution >= 0.6 is 0 Å². The Morgan fingerprint density at radius 1 is 0.960 bits per heavy atom. The lowest BCUT2D eigenvalue weighted by Gasteiger charge is -2.10. The van der Waals surface area contributed by atoms with E-state index in [9.17, 15) is 0 Å². The number of anilines is 1. The summed E-state index contributed by atoms with van der Waals surface area (Å²) in [7, 11) is 1.71. The third kappa shape index (κ3) is 2.87. The van der Waals surface area contributed by atoms with Gasteiger partial charge in [0.15, 0.2) is 5.82 Å². The molecule has 0 unspecified atom stereocenters. The van der Waals surface area contributed by atoms with Crippen molar-refractivity contribution in [2.24, 2.45) is 0 Å². The lowest BCUT2D eigenvalue weighted by Crippen LogP contribution is -1.99. The number of benzene rings is 2. The molecule has 0 saturated carbocycles. The average Bonchev–Trinajstić information content (AvgIpc) is 2.66. The van der Waals surface area contributed by atoms with Gasteiger partial charge in [0.1, 0.15) is 11.3 Å². The van der Waals surface area contributed by atoms with Crippen LogP contribution in [0.5, 0.6) is 5.75 Å². The maximum Gasteiger partial charge on any atom is 0.150 e. The highest BCUT2D eigenvalue weighted by molar-refractivity contribution is 6.08. The molecule has 4 rings (SSSR count). The zero-order chi connectivity index (χ0) is 17.2.